The van der Waals surface area contributed by atoms with Gasteiger partial charge in [0.2, 0.25) is 0 Å². The van der Waals surface area contributed by atoms with Gasteiger partial charge < -0.3 is 0 Å². The molecule has 38 heavy (non-hydrogen) atoms. The zero-order chi connectivity index (χ0) is 26.2. The van der Waals surface area contributed by atoms with Crippen molar-refractivity contribution >= 4 is 11.0 Å². The SMILES string of the molecule is Cc1cc(-c2nc3ccccc3nc2-c2cc(C)c(-c3cccnc3)cc2C)c(C)cc1-c1cccnc1. The molecule has 3 aromatic carbocycles. The van der Waals surface area contributed by atoms with Crippen LogP contribution in [-0.2, 0) is 0 Å². The first-order valence-corrected chi connectivity index (χ1v) is 12.8. The molecule has 3 heterocycles. The summed E-state index contributed by atoms with van der Waals surface area (Å²) in [6.45, 7) is 8.60. The number of aromatic nitrogens is 4. The van der Waals surface area contributed by atoms with Crippen LogP contribution in [-0.4, -0.2) is 19.9 Å². The topological polar surface area (TPSA) is 51.6 Å². The highest BCUT2D eigenvalue weighted by molar-refractivity contribution is 5.90. The number of fused-ring (bicyclic) bond motifs is 1. The Bertz CT molecular complexity index is 1660. The smallest absolute Gasteiger partial charge is 0.0975 e. The van der Waals surface area contributed by atoms with Crippen LogP contribution in [0, 0.1) is 27.7 Å². The summed E-state index contributed by atoms with van der Waals surface area (Å²) < 4.78 is 0. The lowest BCUT2D eigenvalue weighted by molar-refractivity contribution is 1.25. The third-order valence-electron chi connectivity index (χ3n) is 7.17. The van der Waals surface area contributed by atoms with Crippen LogP contribution in [0.5, 0.6) is 0 Å². The number of pyridine rings is 2. The van der Waals surface area contributed by atoms with Crippen molar-refractivity contribution < 1.29 is 0 Å². The zero-order valence-corrected chi connectivity index (χ0v) is 22.0. The number of hydrogen-bond acceptors (Lipinski definition) is 4. The van der Waals surface area contributed by atoms with E-state index < -0.39 is 0 Å². The summed E-state index contributed by atoms with van der Waals surface area (Å²) in [5, 5.41) is 0. The van der Waals surface area contributed by atoms with Gasteiger partial charge in [0.15, 0.2) is 0 Å². The molecule has 6 aromatic rings. The molecule has 3 aromatic heterocycles. The Balaban J connectivity index is 1.58. The number of aryl methyl sites for hydroxylation is 4. The van der Waals surface area contributed by atoms with Crippen LogP contribution >= 0.6 is 0 Å². The van der Waals surface area contributed by atoms with E-state index in [2.05, 4.69) is 74.1 Å². The fraction of sp³-hybridized carbons (Fsp3) is 0.118. The van der Waals surface area contributed by atoms with E-state index in [-0.39, 0.29) is 0 Å². The van der Waals surface area contributed by atoms with Crippen molar-refractivity contribution in [1.82, 2.24) is 19.9 Å². The van der Waals surface area contributed by atoms with Crippen molar-refractivity contribution in [3.63, 3.8) is 0 Å². The van der Waals surface area contributed by atoms with Crippen LogP contribution < -0.4 is 0 Å². The highest BCUT2D eigenvalue weighted by Gasteiger charge is 2.19. The van der Waals surface area contributed by atoms with Crippen molar-refractivity contribution in [2.45, 2.75) is 27.7 Å². The summed E-state index contributed by atoms with van der Waals surface area (Å²) >= 11 is 0. The second kappa shape index (κ2) is 9.64. The zero-order valence-electron chi connectivity index (χ0n) is 22.0. The van der Waals surface area contributed by atoms with Crippen molar-refractivity contribution in [2.24, 2.45) is 0 Å². The molecule has 0 radical (unpaired) electrons. The Kier molecular flexibility index (Phi) is 6.01. The Morgan fingerprint density at radius 1 is 0.447 bits per heavy atom. The molecule has 0 aliphatic heterocycles. The van der Waals surface area contributed by atoms with E-state index in [1.54, 1.807) is 12.4 Å². The average Bonchev–Trinajstić information content (AvgIpc) is 2.95. The van der Waals surface area contributed by atoms with Gasteiger partial charge in [-0.05, 0) is 97.5 Å². The molecule has 0 N–H and O–H groups in total. The van der Waals surface area contributed by atoms with E-state index in [1.807, 2.05) is 48.8 Å². The minimum Gasteiger partial charge on any atom is -0.264 e. The number of nitrogens with zero attached hydrogens (tertiary/aromatic N) is 4. The fourth-order valence-electron chi connectivity index (χ4n) is 5.18. The summed E-state index contributed by atoms with van der Waals surface area (Å²) in [6.07, 6.45) is 7.44. The molecule has 0 fully saturated rings. The molecule has 0 saturated heterocycles. The van der Waals surface area contributed by atoms with E-state index in [0.717, 1.165) is 55.8 Å². The van der Waals surface area contributed by atoms with Crippen molar-refractivity contribution in [3.8, 4) is 44.8 Å². The molecule has 0 spiro atoms. The van der Waals surface area contributed by atoms with Crippen molar-refractivity contribution in [3.05, 3.63) is 120 Å². The summed E-state index contributed by atoms with van der Waals surface area (Å²) in [6, 6.07) is 25.2. The third kappa shape index (κ3) is 4.24. The van der Waals surface area contributed by atoms with Crippen LogP contribution in [0.15, 0.2) is 97.6 Å². The molecule has 0 atom stereocenters. The molecule has 0 unspecified atom stereocenters. The van der Waals surface area contributed by atoms with Gasteiger partial charge in [-0.1, -0.05) is 36.4 Å². The quantitative estimate of drug-likeness (QED) is 0.248. The number of hydrogen-bond donors (Lipinski definition) is 0. The molecule has 0 amide bonds. The minimum absolute atomic E-state index is 0.890. The highest BCUT2D eigenvalue weighted by Crippen LogP contribution is 2.39. The molecule has 0 aliphatic rings. The standard InChI is InChI=1S/C34H28N4/c1-21-17-29(23(3)15-27(21)25-9-7-13-35-19-25)33-34(38-32-12-6-5-11-31(32)37-33)30-18-22(2)28(16-24(30)4)26-10-8-14-36-20-26/h5-20H,1-4H3. The second-order valence-corrected chi connectivity index (χ2v) is 9.86. The molecule has 0 saturated carbocycles. The summed E-state index contributed by atoms with van der Waals surface area (Å²) in [5.41, 5.74) is 15.0. The van der Waals surface area contributed by atoms with Crippen molar-refractivity contribution in [1.29, 1.82) is 0 Å². The van der Waals surface area contributed by atoms with Gasteiger partial charge in [-0.15, -0.1) is 0 Å². The van der Waals surface area contributed by atoms with Crippen LogP contribution in [0.25, 0.3) is 55.8 Å². The van der Waals surface area contributed by atoms with Crippen LogP contribution in [0.3, 0.4) is 0 Å². The van der Waals surface area contributed by atoms with E-state index in [0.29, 0.717) is 0 Å². The highest BCUT2D eigenvalue weighted by atomic mass is 14.8. The molecule has 184 valence electrons. The maximum Gasteiger partial charge on any atom is 0.0975 e. The Hall–Kier alpha value is -4.70. The predicted molar refractivity (Wildman–Crippen MR) is 156 cm³/mol. The first-order chi connectivity index (χ1) is 18.5. The van der Waals surface area contributed by atoms with Crippen LogP contribution in [0.4, 0.5) is 0 Å². The second-order valence-electron chi connectivity index (χ2n) is 9.86. The molecule has 4 nitrogen and oxygen atoms in total. The van der Waals surface area contributed by atoms with Crippen molar-refractivity contribution in [2.75, 3.05) is 0 Å². The van der Waals surface area contributed by atoms with Gasteiger partial charge in [0.1, 0.15) is 0 Å². The summed E-state index contributed by atoms with van der Waals surface area (Å²) in [7, 11) is 0. The molecule has 4 heteroatoms. The van der Waals surface area contributed by atoms with Crippen LogP contribution in [0.1, 0.15) is 22.3 Å². The maximum absolute atomic E-state index is 5.19. The predicted octanol–water partition coefficient (Wildman–Crippen LogP) is 8.32. The Labute approximate surface area is 223 Å². The van der Waals surface area contributed by atoms with Gasteiger partial charge in [-0.3, -0.25) is 9.97 Å². The monoisotopic (exact) mass is 492 g/mol. The van der Waals surface area contributed by atoms with Gasteiger partial charge in [0, 0.05) is 47.0 Å². The molecular weight excluding hydrogens is 464 g/mol. The normalized spacial score (nSPS) is 11.2. The summed E-state index contributed by atoms with van der Waals surface area (Å²) in [5.74, 6) is 0. The van der Waals surface area contributed by atoms with E-state index in [4.69, 9.17) is 9.97 Å². The van der Waals surface area contributed by atoms with Gasteiger partial charge >= 0.3 is 0 Å². The molecule has 0 aliphatic carbocycles. The van der Waals surface area contributed by atoms with E-state index in [9.17, 15) is 0 Å². The van der Waals surface area contributed by atoms with Gasteiger partial charge in [-0.2, -0.15) is 0 Å². The Morgan fingerprint density at radius 3 is 1.24 bits per heavy atom. The lowest BCUT2D eigenvalue weighted by atomic mass is 9.90. The van der Waals surface area contributed by atoms with Crippen LogP contribution in [0.2, 0.25) is 0 Å². The van der Waals surface area contributed by atoms with Gasteiger partial charge in [-0.25, -0.2) is 9.97 Å². The Morgan fingerprint density at radius 2 is 0.842 bits per heavy atom. The number of rotatable bonds is 4. The average molecular weight is 493 g/mol. The third-order valence-corrected chi connectivity index (χ3v) is 7.17. The number of para-hydroxylation sites is 2. The van der Waals surface area contributed by atoms with Gasteiger partial charge in [0.05, 0.1) is 22.4 Å². The lowest BCUT2D eigenvalue weighted by Gasteiger charge is -2.18. The van der Waals surface area contributed by atoms with E-state index >= 15 is 0 Å². The number of benzene rings is 3. The fourth-order valence-corrected chi connectivity index (χ4v) is 5.18. The first kappa shape index (κ1) is 23.7. The maximum atomic E-state index is 5.19. The largest absolute Gasteiger partial charge is 0.264 e. The summed E-state index contributed by atoms with van der Waals surface area (Å²) in [4.78, 5) is 19.0. The molecular formula is C34H28N4. The molecule has 6 rings (SSSR count). The molecule has 0 bridgehead atoms. The lowest BCUT2D eigenvalue weighted by Crippen LogP contribution is -2.00. The first-order valence-electron chi connectivity index (χ1n) is 12.8. The van der Waals surface area contributed by atoms with E-state index in [1.165, 1.54) is 22.3 Å². The van der Waals surface area contributed by atoms with Gasteiger partial charge in [0.25, 0.3) is 0 Å². The minimum atomic E-state index is 0.890.